The molecule has 0 spiro atoms. The standard InChI is InChI=1S/C25H32N4O6/c1-15-11-26-16(2)13-33-21-9-17(5-7-19(21)24(30)29(3)12-23(15)32-4)27-25(31)28-18-6-8-20-22(10-18)35-14-34-20/h5-10,15-16,23,26H,11-14H2,1-4H3,(H2,27,28,31)/t15-,16-,23-/m0/s1. The van der Waals surface area contributed by atoms with Gasteiger partial charge in [0.05, 0.1) is 11.7 Å². The molecule has 3 N–H and O–H groups in total. The Labute approximate surface area is 204 Å². The number of carbonyl (C=O) groups excluding carboxylic acids is 2. The van der Waals surface area contributed by atoms with Crippen LogP contribution in [0.1, 0.15) is 24.2 Å². The SMILES string of the molecule is CO[C@H]1CN(C)C(=O)c2ccc(NC(=O)Nc3ccc4c(c3)OCO4)cc2OC[C@H](C)NC[C@@H]1C. The Balaban J connectivity index is 1.50. The Morgan fingerprint density at radius 1 is 1.03 bits per heavy atom. The van der Waals surface area contributed by atoms with Crippen LogP contribution in [0.5, 0.6) is 17.2 Å². The van der Waals surface area contributed by atoms with Gasteiger partial charge in [-0.3, -0.25) is 4.79 Å². The van der Waals surface area contributed by atoms with Crippen molar-refractivity contribution in [1.29, 1.82) is 0 Å². The molecule has 0 fully saturated rings. The third-order valence-corrected chi connectivity index (χ3v) is 6.12. The van der Waals surface area contributed by atoms with Crippen LogP contribution in [0.4, 0.5) is 16.2 Å². The average molecular weight is 485 g/mol. The van der Waals surface area contributed by atoms with Crippen LogP contribution in [0.25, 0.3) is 0 Å². The topological polar surface area (TPSA) is 110 Å². The lowest BCUT2D eigenvalue weighted by Crippen LogP contribution is -2.44. The monoisotopic (exact) mass is 484 g/mol. The highest BCUT2D eigenvalue weighted by Crippen LogP contribution is 2.34. The number of carbonyl (C=O) groups is 2. The van der Waals surface area contributed by atoms with Crippen LogP contribution < -0.4 is 30.2 Å². The summed E-state index contributed by atoms with van der Waals surface area (Å²) in [6.45, 7) is 5.83. The van der Waals surface area contributed by atoms with Crippen LogP contribution in [0.2, 0.25) is 0 Å². The lowest BCUT2D eigenvalue weighted by atomic mass is 10.0. The number of rotatable bonds is 3. The van der Waals surface area contributed by atoms with E-state index in [1.807, 2.05) is 6.92 Å². The highest BCUT2D eigenvalue weighted by Gasteiger charge is 2.25. The minimum atomic E-state index is -0.438. The molecule has 0 saturated carbocycles. The number of likely N-dealkylation sites (N-methyl/N-ethyl adjacent to an activating group) is 1. The molecule has 3 amide bonds. The zero-order valence-corrected chi connectivity index (χ0v) is 20.4. The molecule has 2 heterocycles. The summed E-state index contributed by atoms with van der Waals surface area (Å²) in [5.41, 5.74) is 1.48. The Morgan fingerprint density at radius 2 is 1.71 bits per heavy atom. The fourth-order valence-electron chi connectivity index (χ4n) is 4.00. The quantitative estimate of drug-likeness (QED) is 0.614. The van der Waals surface area contributed by atoms with Crippen molar-refractivity contribution in [2.75, 3.05) is 51.3 Å². The number of hydrogen-bond acceptors (Lipinski definition) is 7. The molecule has 35 heavy (non-hydrogen) atoms. The molecule has 4 rings (SSSR count). The van der Waals surface area contributed by atoms with E-state index in [1.54, 1.807) is 55.5 Å². The van der Waals surface area contributed by atoms with Gasteiger partial charge < -0.3 is 39.8 Å². The minimum absolute atomic E-state index is 0.0565. The maximum Gasteiger partial charge on any atom is 0.323 e. The van der Waals surface area contributed by atoms with E-state index >= 15 is 0 Å². The molecule has 188 valence electrons. The molecular weight excluding hydrogens is 452 g/mol. The average Bonchev–Trinajstić information content (AvgIpc) is 3.31. The normalized spacial score (nSPS) is 22.3. The molecule has 2 aromatic rings. The van der Waals surface area contributed by atoms with Crippen LogP contribution >= 0.6 is 0 Å². The van der Waals surface area contributed by atoms with Crippen molar-refractivity contribution in [3.8, 4) is 17.2 Å². The van der Waals surface area contributed by atoms with Gasteiger partial charge in [-0.2, -0.15) is 0 Å². The van der Waals surface area contributed by atoms with E-state index in [9.17, 15) is 9.59 Å². The van der Waals surface area contributed by atoms with Crippen molar-refractivity contribution in [3.63, 3.8) is 0 Å². The molecule has 0 aliphatic carbocycles. The zero-order valence-electron chi connectivity index (χ0n) is 20.4. The molecule has 2 aliphatic rings. The van der Waals surface area contributed by atoms with E-state index in [4.69, 9.17) is 18.9 Å². The number of methoxy groups -OCH3 is 1. The van der Waals surface area contributed by atoms with Crippen molar-refractivity contribution in [1.82, 2.24) is 10.2 Å². The van der Waals surface area contributed by atoms with E-state index in [2.05, 4.69) is 22.9 Å². The molecule has 10 heteroatoms. The first-order valence-corrected chi connectivity index (χ1v) is 11.6. The molecule has 3 atom stereocenters. The first-order chi connectivity index (χ1) is 16.8. The van der Waals surface area contributed by atoms with E-state index < -0.39 is 6.03 Å². The third kappa shape index (κ3) is 5.95. The van der Waals surface area contributed by atoms with E-state index in [0.717, 1.165) is 6.54 Å². The number of ether oxygens (including phenoxy) is 4. The van der Waals surface area contributed by atoms with E-state index in [0.29, 0.717) is 47.3 Å². The number of hydrogen-bond donors (Lipinski definition) is 3. The number of amides is 3. The molecule has 0 saturated heterocycles. The maximum absolute atomic E-state index is 13.2. The summed E-state index contributed by atoms with van der Waals surface area (Å²) in [6, 6.07) is 9.78. The lowest BCUT2D eigenvalue weighted by Gasteiger charge is -2.30. The molecule has 0 aromatic heterocycles. The Morgan fingerprint density at radius 3 is 2.46 bits per heavy atom. The smallest absolute Gasteiger partial charge is 0.323 e. The number of urea groups is 1. The van der Waals surface area contributed by atoms with Crippen LogP contribution in [0, 0.1) is 5.92 Å². The Kier molecular flexibility index (Phi) is 7.62. The van der Waals surface area contributed by atoms with Crippen LogP contribution in [-0.4, -0.2) is 69.6 Å². The van der Waals surface area contributed by atoms with Gasteiger partial charge >= 0.3 is 6.03 Å². The van der Waals surface area contributed by atoms with Crippen molar-refractivity contribution in [2.24, 2.45) is 5.92 Å². The van der Waals surface area contributed by atoms with Gasteiger partial charge in [-0.05, 0) is 37.1 Å². The molecule has 10 nitrogen and oxygen atoms in total. The summed E-state index contributed by atoms with van der Waals surface area (Å²) in [6.07, 6.45) is -0.103. The largest absolute Gasteiger partial charge is 0.491 e. The summed E-state index contributed by atoms with van der Waals surface area (Å²) in [4.78, 5) is 27.5. The van der Waals surface area contributed by atoms with Crippen molar-refractivity contribution < 1.29 is 28.5 Å². The van der Waals surface area contributed by atoms with Gasteiger partial charge in [0.2, 0.25) is 6.79 Å². The Bertz CT molecular complexity index is 1080. The fraction of sp³-hybridized carbons (Fsp3) is 0.440. The Hall–Kier alpha value is -3.50. The van der Waals surface area contributed by atoms with Gasteiger partial charge in [0.25, 0.3) is 5.91 Å². The highest BCUT2D eigenvalue weighted by molar-refractivity contribution is 6.01. The van der Waals surface area contributed by atoms with E-state index in [-0.39, 0.29) is 30.8 Å². The summed E-state index contributed by atoms with van der Waals surface area (Å²) in [7, 11) is 3.41. The first kappa shape index (κ1) is 24.6. The van der Waals surface area contributed by atoms with Gasteiger partial charge in [0.1, 0.15) is 12.4 Å². The second-order valence-corrected chi connectivity index (χ2v) is 8.92. The first-order valence-electron chi connectivity index (χ1n) is 11.6. The highest BCUT2D eigenvalue weighted by atomic mass is 16.7. The molecule has 0 bridgehead atoms. The maximum atomic E-state index is 13.2. The minimum Gasteiger partial charge on any atom is -0.491 e. The lowest BCUT2D eigenvalue weighted by molar-refractivity contribution is 0.0281. The zero-order chi connectivity index (χ0) is 24.9. The predicted octanol–water partition coefficient (Wildman–Crippen LogP) is 3.15. The van der Waals surface area contributed by atoms with Gasteiger partial charge in [0, 0.05) is 56.8 Å². The number of benzene rings is 2. The summed E-state index contributed by atoms with van der Waals surface area (Å²) >= 11 is 0. The molecule has 2 aromatic carbocycles. The summed E-state index contributed by atoms with van der Waals surface area (Å²) < 4.78 is 22.3. The van der Waals surface area contributed by atoms with Crippen molar-refractivity contribution in [2.45, 2.75) is 26.0 Å². The van der Waals surface area contributed by atoms with Crippen molar-refractivity contribution in [3.05, 3.63) is 42.0 Å². The molecule has 0 unspecified atom stereocenters. The number of nitrogens with zero attached hydrogens (tertiary/aromatic N) is 1. The van der Waals surface area contributed by atoms with E-state index in [1.165, 1.54) is 0 Å². The van der Waals surface area contributed by atoms with Gasteiger partial charge in [-0.15, -0.1) is 0 Å². The van der Waals surface area contributed by atoms with Crippen LogP contribution in [0.3, 0.4) is 0 Å². The number of anilines is 2. The fourth-order valence-corrected chi connectivity index (χ4v) is 4.00. The van der Waals surface area contributed by atoms with Crippen LogP contribution in [-0.2, 0) is 4.74 Å². The van der Waals surface area contributed by atoms with Gasteiger partial charge in [-0.1, -0.05) is 6.92 Å². The predicted molar refractivity (Wildman–Crippen MR) is 132 cm³/mol. The molecule has 2 aliphatic heterocycles. The van der Waals surface area contributed by atoms with Gasteiger partial charge in [0.15, 0.2) is 11.5 Å². The summed E-state index contributed by atoms with van der Waals surface area (Å²) in [5, 5.41) is 9.02. The van der Waals surface area contributed by atoms with Gasteiger partial charge in [-0.25, -0.2) is 4.79 Å². The number of nitrogens with one attached hydrogen (secondary N) is 3. The third-order valence-electron chi connectivity index (χ3n) is 6.12. The second kappa shape index (κ2) is 10.8. The number of fused-ring (bicyclic) bond motifs is 2. The second-order valence-electron chi connectivity index (χ2n) is 8.92. The molecule has 0 radical (unpaired) electrons. The van der Waals surface area contributed by atoms with Crippen LogP contribution in [0.15, 0.2) is 36.4 Å². The van der Waals surface area contributed by atoms with Crippen molar-refractivity contribution >= 4 is 23.3 Å². The summed E-state index contributed by atoms with van der Waals surface area (Å²) in [5.74, 6) is 1.65. The molecular formula is C25H32N4O6.